The molecule has 0 nitrogen and oxygen atoms in total. The van der Waals surface area contributed by atoms with Crippen LogP contribution < -0.4 is 0 Å². The van der Waals surface area contributed by atoms with Gasteiger partial charge in [0.1, 0.15) is 0 Å². The van der Waals surface area contributed by atoms with Gasteiger partial charge in [-0.3, -0.25) is 0 Å². The second-order valence-corrected chi connectivity index (χ2v) is 8.81. The molecule has 4 rings (SSSR count). The van der Waals surface area contributed by atoms with E-state index < -0.39 is 0 Å². The summed E-state index contributed by atoms with van der Waals surface area (Å²) in [5.41, 5.74) is 6.56. The van der Waals surface area contributed by atoms with Gasteiger partial charge in [0.05, 0.1) is 0 Å². The van der Waals surface area contributed by atoms with Crippen LogP contribution in [-0.4, -0.2) is 0 Å². The molecule has 0 aromatic heterocycles. The van der Waals surface area contributed by atoms with Gasteiger partial charge in [0, 0.05) is 14.4 Å². The van der Waals surface area contributed by atoms with Gasteiger partial charge in [0.25, 0.3) is 0 Å². The van der Waals surface area contributed by atoms with Crippen LogP contribution >= 0.6 is 31.9 Å². The molecule has 1 fully saturated rings. The van der Waals surface area contributed by atoms with Crippen molar-refractivity contribution in [1.82, 2.24) is 0 Å². The van der Waals surface area contributed by atoms with E-state index >= 15 is 0 Å². The van der Waals surface area contributed by atoms with Crippen molar-refractivity contribution < 1.29 is 0 Å². The Morgan fingerprint density at radius 1 is 0.800 bits per heavy atom. The molecule has 0 heterocycles. The molecule has 0 unspecified atom stereocenters. The first-order valence-corrected chi connectivity index (χ1v) is 8.60. The number of rotatable bonds is 0. The fourth-order valence-electron chi connectivity index (χ4n) is 4.40. The fourth-order valence-corrected chi connectivity index (χ4v) is 5.12. The zero-order valence-electron chi connectivity index (χ0n) is 11.6. The molecule has 2 heteroatoms. The van der Waals surface area contributed by atoms with Crippen molar-refractivity contribution in [2.75, 3.05) is 0 Å². The van der Waals surface area contributed by atoms with E-state index in [1.165, 1.54) is 44.0 Å². The lowest BCUT2D eigenvalue weighted by atomic mass is 9.51. The average Bonchev–Trinajstić information content (AvgIpc) is 2.59. The molecule has 2 aromatic rings. The van der Waals surface area contributed by atoms with E-state index in [2.05, 4.69) is 82.1 Å². The Hall–Kier alpha value is -0.600. The van der Waals surface area contributed by atoms with Crippen LogP contribution in [0.15, 0.2) is 45.3 Å². The van der Waals surface area contributed by atoms with Crippen molar-refractivity contribution in [3.8, 4) is 11.1 Å². The molecule has 0 aliphatic heterocycles. The maximum absolute atomic E-state index is 3.65. The van der Waals surface area contributed by atoms with E-state index in [0.29, 0.717) is 5.41 Å². The topological polar surface area (TPSA) is 0 Å². The summed E-state index contributed by atoms with van der Waals surface area (Å²) >= 11 is 7.30. The summed E-state index contributed by atoms with van der Waals surface area (Å²) in [7, 11) is 0. The molecule has 2 aromatic carbocycles. The third kappa shape index (κ3) is 1.64. The predicted molar refractivity (Wildman–Crippen MR) is 91.1 cm³/mol. The molecule has 0 bridgehead atoms. The Morgan fingerprint density at radius 2 is 1.25 bits per heavy atom. The lowest BCUT2D eigenvalue weighted by Crippen LogP contribution is -2.46. The van der Waals surface area contributed by atoms with Crippen LogP contribution in [0.4, 0.5) is 0 Å². The minimum Gasteiger partial charge on any atom is -0.0598 e. The van der Waals surface area contributed by atoms with Gasteiger partial charge >= 0.3 is 0 Å². The minimum absolute atomic E-state index is 0.238. The van der Waals surface area contributed by atoms with Crippen LogP contribution in [0.2, 0.25) is 0 Å². The Labute approximate surface area is 136 Å². The van der Waals surface area contributed by atoms with Gasteiger partial charge in [0.2, 0.25) is 0 Å². The summed E-state index contributed by atoms with van der Waals surface area (Å²) in [5, 5.41) is 0. The molecule has 0 radical (unpaired) electrons. The van der Waals surface area contributed by atoms with E-state index in [4.69, 9.17) is 0 Å². The van der Waals surface area contributed by atoms with Crippen molar-refractivity contribution in [3.63, 3.8) is 0 Å². The second-order valence-electron chi connectivity index (χ2n) is 6.98. The van der Waals surface area contributed by atoms with Crippen LogP contribution in [0, 0.1) is 5.41 Å². The summed E-state index contributed by atoms with van der Waals surface area (Å²) in [4.78, 5) is 0. The van der Waals surface area contributed by atoms with E-state index in [0.717, 1.165) is 0 Å². The molecule has 1 saturated carbocycles. The van der Waals surface area contributed by atoms with Gasteiger partial charge in [0.15, 0.2) is 0 Å². The van der Waals surface area contributed by atoms with Crippen LogP contribution in [-0.2, 0) is 5.41 Å². The summed E-state index contributed by atoms with van der Waals surface area (Å²) in [5.74, 6) is 0. The number of hydrogen-bond acceptors (Lipinski definition) is 0. The normalized spacial score (nSPS) is 20.4. The molecule has 0 saturated heterocycles. The summed E-state index contributed by atoms with van der Waals surface area (Å²) in [6.45, 7) is 4.76. The smallest absolute Gasteiger partial charge is 0.0226 e. The summed E-state index contributed by atoms with van der Waals surface area (Å²) < 4.78 is 2.37. The van der Waals surface area contributed by atoms with Crippen molar-refractivity contribution in [1.29, 1.82) is 0 Å². The standard InChI is InChI=1S/C18H16Br2/c1-17(2)9-18(10-17)15-7-11(19)3-5-13(15)14-6-4-12(20)8-16(14)18/h3-8H,9-10H2,1-2H3. The van der Waals surface area contributed by atoms with E-state index in [9.17, 15) is 0 Å². The fraction of sp³-hybridized carbons (Fsp3) is 0.333. The molecule has 20 heavy (non-hydrogen) atoms. The highest BCUT2D eigenvalue weighted by Crippen LogP contribution is 2.65. The largest absolute Gasteiger partial charge is 0.0598 e. The molecular weight excluding hydrogens is 376 g/mol. The highest BCUT2D eigenvalue weighted by Gasteiger charge is 2.55. The van der Waals surface area contributed by atoms with Crippen LogP contribution in [0.3, 0.4) is 0 Å². The summed E-state index contributed by atoms with van der Waals surface area (Å²) in [6.07, 6.45) is 2.49. The molecule has 2 aliphatic rings. The van der Waals surface area contributed by atoms with Gasteiger partial charge in [-0.1, -0.05) is 57.8 Å². The molecule has 1 spiro atoms. The van der Waals surface area contributed by atoms with Gasteiger partial charge in [-0.25, -0.2) is 0 Å². The zero-order valence-corrected chi connectivity index (χ0v) is 14.8. The van der Waals surface area contributed by atoms with E-state index in [1.807, 2.05) is 0 Å². The Morgan fingerprint density at radius 3 is 1.65 bits per heavy atom. The molecule has 2 aliphatic carbocycles. The van der Waals surface area contributed by atoms with Gasteiger partial charge in [-0.2, -0.15) is 0 Å². The zero-order chi connectivity index (χ0) is 14.1. The molecule has 102 valence electrons. The van der Waals surface area contributed by atoms with Crippen LogP contribution in [0.1, 0.15) is 37.8 Å². The average molecular weight is 392 g/mol. The third-order valence-corrected chi connectivity index (χ3v) is 5.83. The lowest BCUT2D eigenvalue weighted by molar-refractivity contribution is 0.0915. The van der Waals surface area contributed by atoms with Crippen molar-refractivity contribution in [2.45, 2.75) is 32.1 Å². The number of halogens is 2. The predicted octanol–water partition coefficient (Wildman–Crippen LogP) is 6.30. The Bertz CT molecular complexity index is 667. The second kappa shape index (κ2) is 3.98. The maximum atomic E-state index is 3.65. The molecular formula is C18H16Br2. The van der Waals surface area contributed by atoms with Crippen molar-refractivity contribution in [3.05, 3.63) is 56.5 Å². The third-order valence-electron chi connectivity index (χ3n) is 4.85. The summed E-state index contributed by atoms with van der Waals surface area (Å²) in [6, 6.07) is 13.5. The van der Waals surface area contributed by atoms with Gasteiger partial charge in [-0.05, 0) is 64.8 Å². The maximum Gasteiger partial charge on any atom is 0.0226 e. The highest BCUT2D eigenvalue weighted by atomic mass is 79.9. The van der Waals surface area contributed by atoms with Crippen LogP contribution in [0.5, 0.6) is 0 Å². The van der Waals surface area contributed by atoms with Gasteiger partial charge in [-0.15, -0.1) is 0 Å². The minimum atomic E-state index is 0.238. The van der Waals surface area contributed by atoms with Crippen molar-refractivity contribution >= 4 is 31.9 Å². The first-order chi connectivity index (χ1) is 9.41. The lowest BCUT2D eigenvalue weighted by Gasteiger charge is -2.53. The number of fused-ring (bicyclic) bond motifs is 5. The monoisotopic (exact) mass is 390 g/mol. The van der Waals surface area contributed by atoms with E-state index in [1.54, 1.807) is 0 Å². The molecule has 0 amide bonds. The highest BCUT2D eigenvalue weighted by molar-refractivity contribution is 9.10. The number of hydrogen-bond donors (Lipinski definition) is 0. The SMILES string of the molecule is CC1(C)CC2(C1)c1cc(Br)ccc1-c1ccc(Br)cc12. The van der Waals surface area contributed by atoms with Crippen molar-refractivity contribution in [2.24, 2.45) is 5.41 Å². The first-order valence-electron chi connectivity index (χ1n) is 7.02. The number of benzene rings is 2. The van der Waals surface area contributed by atoms with E-state index in [-0.39, 0.29) is 5.41 Å². The molecule has 0 N–H and O–H groups in total. The quantitative estimate of drug-likeness (QED) is 0.494. The Balaban J connectivity index is 2.01. The first kappa shape index (κ1) is 13.1. The van der Waals surface area contributed by atoms with Gasteiger partial charge < -0.3 is 0 Å². The van der Waals surface area contributed by atoms with Crippen LogP contribution in [0.25, 0.3) is 11.1 Å². The molecule has 0 atom stereocenters. The Kier molecular flexibility index (Phi) is 2.61.